The Bertz CT molecular complexity index is 777. The fourth-order valence-corrected chi connectivity index (χ4v) is 3.75. The first-order valence-electron chi connectivity index (χ1n) is 7.67. The number of hydrogen-bond donors (Lipinski definition) is 3. The molecule has 25 heavy (non-hydrogen) atoms. The lowest BCUT2D eigenvalue weighted by atomic mass is 10.2. The summed E-state index contributed by atoms with van der Waals surface area (Å²) in [5.74, 6) is -1.81. The number of carbonyl (C=O) groups is 3. The van der Waals surface area contributed by atoms with Gasteiger partial charge < -0.3 is 15.7 Å². The van der Waals surface area contributed by atoms with Gasteiger partial charge in [-0.1, -0.05) is 6.07 Å². The molecule has 3 N–H and O–H groups in total. The van der Waals surface area contributed by atoms with Crippen LogP contribution in [0.3, 0.4) is 0 Å². The van der Waals surface area contributed by atoms with Crippen LogP contribution in [0.4, 0.5) is 0 Å². The van der Waals surface area contributed by atoms with Crippen molar-refractivity contribution >= 4 is 27.8 Å². The lowest BCUT2D eigenvalue weighted by molar-refractivity contribution is -0.137. The van der Waals surface area contributed by atoms with Gasteiger partial charge in [0.2, 0.25) is 15.9 Å². The fraction of sp³-hybridized carbons (Fsp3) is 0.400. The van der Waals surface area contributed by atoms with Gasteiger partial charge in [0.1, 0.15) is 0 Å². The normalized spacial score (nSPS) is 15.4. The Hall–Kier alpha value is -2.46. The maximum absolute atomic E-state index is 12.6. The molecule has 0 aromatic heterocycles. The second kappa shape index (κ2) is 8.08. The summed E-state index contributed by atoms with van der Waals surface area (Å²) in [6.45, 7) is 0.323. The molecule has 1 aliphatic rings. The van der Waals surface area contributed by atoms with Gasteiger partial charge in [-0.15, -0.1) is 0 Å². The molecule has 1 aromatic carbocycles. The minimum atomic E-state index is -3.87. The molecule has 1 fully saturated rings. The molecule has 10 heteroatoms. The minimum absolute atomic E-state index is 0.0638. The van der Waals surface area contributed by atoms with Crippen LogP contribution >= 0.6 is 0 Å². The standard InChI is InChI=1S/C15H19N3O6S/c19-13-10-18(8-7-16-13)25(23,24)12-4-1-3-11(9-12)15(22)17-6-2-5-14(20)21/h1,3-4,9H,2,5-8,10H2,(H,16,19)(H,17,22)(H,20,21). The van der Waals surface area contributed by atoms with Crippen LogP contribution in [0.15, 0.2) is 29.2 Å². The van der Waals surface area contributed by atoms with Crippen molar-refractivity contribution in [2.24, 2.45) is 0 Å². The van der Waals surface area contributed by atoms with Gasteiger partial charge >= 0.3 is 5.97 Å². The molecule has 0 bridgehead atoms. The predicted molar refractivity (Wildman–Crippen MR) is 87.4 cm³/mol. The Morgan fingerprint density at radius 1 is 1.32 bits per heavy atom. The zero-order chi connectivity index (χ0) is 18.4. The van der Waals surface area contributed by atoms with Crippen molar-refractivity contribution in [3.63, 3.8) is 0 Å². The van der Waals surface area contributed by atoms with E-state index in [-0.39, 0.29) is 55.4 Å². The first-order chi connectivity index (χ1) is 11.8. The van der Waals surface area contributed by atoms with Crippen molar-refractivity contribution in [2.45, 2.75) is 17.7 Å². The zero-order valence-electron chi connectivity index (χ0n) is 13.4. The number of carboxylic acid groups (broad SMARTS) is 1. The van der Waals surface area contributed by atoms with Gasteiger partial charge in [0.15, 0.2) is 0 Å². The van der Waals surface area contributed by atoms with Crippen LogP contribution < -0.4 is 10.6 Å². The molecule has 1 heterocycles. The Labute approximate surface area is 145 Å². The SMILES string of the molecule is O=C(O)CCCNC(=O)c1cccc(S(=O)(=O)N2CCNC(=O)C2)c1. The van der Waals surface area contributed by atoms with Gasteiger partial charge in [0.05, 0.1) is 11.4 Å². The topological polar surface area (TPSA) is 133 Å². The molecular formula is C15H19N3O6S. The van der Waals surface area contributed by atoms with Crippen molar-refractivity contribution in [3.8, 4) is 0 Å². The van der Waals surface area contributed by atoms with Crippen LogP contribution in [0.2, 0.25) is 0 Å². The lowest BCUT2D eigenvalue weighted by Gasteiger charge is -2.26. The van der Waals surface area contributed by atoms with Crippen molar-refractivity contribution < 1.29 is 27.9 Å². The third-order valence-electron chi connectivity index (χ3n) is 3.59. The summed E-state index contributed by atoms with van der Waals surface area (Å²) >= 11 is 0. The predicted octanol–water partition coefficient (Wildman–Crippen LogP) is -0.598. The average molecular weight is 369 g/mol. The highest BCUT2D eigenvalue weighted by atomic mass is 32.2. The van der Waals surface area contributed by atoms with E-state index in [4.69, 9.17) is 5.11 Å². The summed E-state index contributed by atoms with van der Waals surface area (Å²) in [6.07, 6.45) is 0.216. The zero-order valence-corrected chi connectivity index (χ0v) is 14.2. The van der Waals surface area contributed by atoms with Crippen LogP contribution in [-0.4, -0.2) is 61.8 Å². The second-order valence-corrected chi connectivity index (χ2v) is 7.41. The van der Waals surface area contributed by atoms with E-state index in [2.05, 4.69) is 10.6 Å². The van der Waals surface area contributed by atoms with Crippen LogP contribution in [0.5, 0.6) is 0 Å². The van der Waals surface area contributed by atoms with E-state index in [0.717, 1.165) is 4.31 Å². The largest absolute Gasteiger partial charge is 0.481 e. The van der Waals surface area contributed by atoms with E-state index >= 15 is 0 Å². The number of sulfonamides is 1. The molecule has 0 spiro atoms. The summed E-state index contributed by atoms with van der Waals surface area (Å²) < 4.78 is 26.2. The molecule has 0 radical (unpaired) electrons. The van der Waals surface area contributed by atoms with Crippen LogP contribution in [-0.2, 0) is 19.6 Å². The summed E-state index contributed by atoms with van der Waals surface area (Å²) in [4.78, 5) is 33.8. The fourth-order valence-electron chi connectivity index (χ4n) is 2.31. The molecule has 2 amide bonds. The Morgan fingerprint density at radius 3 is 2.76 bits per heavy atom. The molecule has 136 valence electrons. The van der Waals surface area contributed by atoms with Gasteiger partial charge in [-0.2, -0.15) is 4.31 Å². The number of hydrogen-bond acceptors (Lipinski definition) is 5. The first kappa shape index (κ1) is 18.9. The summed E-state index contributed by atoms with van der Waals surface area (Å²) in [7, 11) is -3.87. The third-order valence-corrected chi connectivity index (χ3v) is 5.43. The van der Waals surface area contributed by atoms with Gasteiger partial charge in [0, 0.05) is 31.6 Å². The number of aliphatic carboxylic acids is 1. The van der Waals surface area contributed by atoms with Crippen molar-refractivity contribution in [2.75, 3.05) is 26.2 Å². The number of benzene rings is 1. The van der Waals surface area contributed by atoms with Crippen LogP contribution in [0.1, 0.15) is 23.2 Å². The quantitative estimate of drug-likeness (QED) is 0.550. The number of nitrogens with one attached hydrogen (secondary N) is 2. The minimum Gasteiger partial charge on any atom is -0.481 e. The van der Waals surface area contributed by atoms with E-state index in [1.807, 2.05) is 0 Å². The molecule has 0 unspecified atom stereocenters. The third kappa shape index (κ3) is 5.00. The van der Waals surface area contributed by atoms with E-state index in [1.54, 1.807) is 0 Å². The Balaban J connectivity index is 2.08. The summed E-state index contributed by atoms with van der Waals surface area (Å²) in [5.41, 5.74) is 0.151. The monoisotopic (exact) mass is 369 g/mol. The van der Waals surface area contributed by atoms with E-state index in [1.165, 1.54) is 24.3 Å². The van der Waals surface area contributed by atoms with Crippen molar-refractivity contribution in [1.29, 1.82) is 0 Å². The number of nitrogens with zero attached hydrogens (tertiary/aromatic N) is 1. The van der Waals surface area contributed by atoms with E-state index in [9.17, 15) is 22.8 Å². The molecule has 0 aliphatic carbocycles. The highest BCUT2D eigenvalue weighted by Gasteiger charge is 2.29. The highest BCUT2D eigenvalue weighted by molar-refractivity contribution is 7.89. The van der Waals surface area contributed by atoms with Crippen molar-refractivity contribution in [3.05, 3.63) is 29.8 Å². The number of piperazine rings is 1. The molecule has 0 atom stereocenters. The second-order valence-electron chi connectivity index (χ2n) is 5.47. The molecule has 0 saturated carbocycles. The summed E-state index contributed by atoms with van der Waals surface area (Å²) in [6, 6.07) is 5.52. The molecule has 9 nitrogen and oxygen atoms in total. The maximum Gasteiger partial charge on any atom is 0.303 e. The van der Waals surface area contributed by atoms with Crippen LogP contribution in [0, 0.1) is 0 Å². The van der Waals surface area contributed by atoms with Gasteiger partial charge in [-0.25, -0.2) is 8.42 Å². The lowest BCUT2D eigenvalue weighted by Crippen LogP contribution is -2.49. The summed E-state index contributed by atoms with van der Waals surface area (Å²) in [5, 5.41) is 13.6. The number of amides is 2. The Kier molecular flexibility index (Phi) is 6.10. The highest BCUT2D eigenvalue weighted by Crippen LogP contribution is 2.18. The first-order valence-corrected chi connectivity index (χ1v) is 9.11. The number of carboxylic acids is 1. The van der Waals surface area contributed by atoms with Crippen LogP contribution in [0.25, 0.3) is 0 Å². The Morgan fingerprint density at radius 2 is 2.08 bits per heavy atom. The maximum atomic E-state index is 12.6. The van der Waals surface area contributed by atoms with Gasteiger partial charge in [0.25, 0.3) is 5.91 Å². The molecule has 1 saturated heterocycles. The van der Waals surface area contributed by atoms with E-state index in [0.29, 0.717) is 0 Å². The smallest absolute Gasteiger partial charge is 0.303 e. The molecule has 2 rings (SSSR count). The average Bonchev–Trinajstić information content (AvgIpc) is 2.58. The molecule has 1 aliphatic heterocycles. The molecule has 1 aromatic rings. The van der Waals surface area contributed by atoms with Gasteiger partial charge in [-0.3, -0.25) is 14.4 Å². The van der Waals surface area contributed by atoms with Gasteiger partial charge in [-0.05, 0) is 24.6 Å². The number of rotatable bonds is 7. The number of carbonyl (C=O) groups excluding carboxylic acids is 2. The van der Waals surface area contributed by atoms with Crippen molar-refractivity contribution in [1.82, 2.24) is 14.9 Å². The van der Waals surface area contributed by atoms with E-state index < -0.39 is 21.9 Å². The molecular weight excluding hydrogens is 350 g/mol.